The van der Waals surface area contributed by atoms with Crippen LogP contribution in [0.3, 0.4) is 0 Å². The first kappa shape index (κ1) is 18.1. The summed E-state index contributed by atoms with van der Waals surface area (Å²) in [4.78, 5) is 25.3. The summed E-state index contributed by atoms with van der Waals surface area (Å²) < 4.78 is 0. The Morgan fingerprint density at radius 1 is 1.18 bits per heavy atom. The van der Waals surface area contributed by atoms with Crippen LogP contribution in [0, 0.1) is 24.0 Å². The minimum atomic E-state index is -0.546. The maximum atomic E-state index is 12.7. The number of carbonyl (C=O) groups excluding carboxylic acids is 2. The molecule has 28 heavy (non-hydrogen) atoms. The number of hydrogen-bond acceptors (Lipinski definition) is 3. The number of amides is 1. The third-order valence-corrected chi connectivity index (χ3v) is 5.52. The number of nitrogens with one attached hydrogen (secondary N) is 2. The lowest BCUT2D eigenvalue weighted by molar-refractivity contribution is -0.136. The maximum absolute atomic E-state index is 12.7. The fourth-order valence-corrected chi connectivity index (χ4v) is 3.98. The highest BCUT2D eigenvalue weighted by molar-refractivity contribution is 6.43. The monoisotopic (exact) mass is 370 g/mol. The molecule has 3 atom stereocenters. The summed E-state index contributed by atoms with van der Waals surface area (Å²) >= 11 is 0. The Bertz CT molecular complexity index is 906. The van der Waals surface area contributed by atoms with Gasteiger partial charge in [-0.05, 0) is 48.6 Å². The van der Waals surface area contributed by atoms with E-state index in [1.807, 2.05) is 48.6 Å². The van der Waals surface area contributed by atoms with Crippen molar-refractivity contribution in [3.63, 3.8) is 0 Å². The zero-order valence-corrected chi connectivity index (χ0v) is 15.5. The van der Waals surface area contributed by atoms with Crippen LogP contribution in [-0.4, -0.2) is 18.2 Å². The van der Waals surface area contributed by atoms with Crippen molar-refractivity contribution in [1.29, 1.82) is 0 Å². The van der Waals surface area contributed by atoms with Gasteiger partial charge >= 0.3 is 0 Å². The number of fused-ring (bicyclic) bond motifs is 1. The molecule has 0 saturated heterocycles. The fraction of sp³-hybridized carbons (Fsp3) is 0.250. The van der Waals surface area contributed by atoms with Crippen molar-refractivity contribution in [2.24, 2.45) is 11.8 Å². The number of carbonyl (C=O) groups is 2. The first-order valence-corrected chi connectivity index (χ1v) is 9.61. The quantitative estimate of drug-likeness (QED) is 0.757. The molecule has 3 unspecified atom stereocenters. The summed E-state index contributed by atoms with van der Waals surface area (Å²) in [7, 11) is 0. The van der Waals surface area contributed by atoms with E-state index in [0.29, 0.717) is 12.1 Å². The third-order valence-electron chi connectivity index (χ3n) is 5.52. The van der Waals surface area contributed by atoms with E-state index in [1.165, 1.54) is 0 Å². The van der Waals surface area contributed by atoms with Crippen LogP contribution in [0.15, 0.2) is 78.2 Å². The maximum Gasteiger partial charge on any atom is 0.292 e. The van der Waals surface area contributed by atoms with Crippen LogP contribution in [0.4, 0.5) is 0 Å². The predicted octanol–water partition coefficient (Wildman–Crippen LogP) is 3.14. The van der Waals surface area contributed by atoms with Gasteiger partial charge in [-0.2, -0.15) is 0 Å². The molecule has 2 N–H and O–H groups in total. The average molecular weight is 370 g/mol. The van der Waals surface area contributed by atoms with Crippen molar-refractivity contribution in [3.8, 4) is 0 Å². The molecule has 0 radical (unpaired) electrons. The predicted molar refractivity (Wildman–Crippen MR) is 108 cm³/mol. The highest BCUT2D eigenvalue weighted by Gasteiger charge is 2.33. The summed E-state index contributed by atoms with van der Waals surface area (Å²) in [6.45, 7) is 0.402. The molecule has 0 fully saturated rings. The Balaban J connectivity index is 1.43. The largest absolute Gasteiger partial charge is 0.364 e. The Morgan fingerprint density at radius 2 is 2.07 bits per heavy atom. The fourth-order valence-electron chi connectivity index (χ4n) is 3.98. The average Bonchev–Trinajstić information content (AvgIpc) is 3.19. The van der Waals surface area contributed by atoms with E-state index in [9.17, 15) is 9.59 Å². The van der Waals surface area contributed by atoms with E-state index in [2.05, 4.69) is 34.9 Å². The standard InChI is InChI=1S/C24H22N2O2/c27-23(21-16-25-22-14-8-7-13-19(21)22)24(28)26-15-20(17-9-3-1-4-10-17)18-11-5-2-6-12-18/h1,3-5,7-9,11-12,14,16-17,19-20,25H,10,13,15H2,(H,26,28). The van der Waals surface area contributed by atoms with Crippen molar-refractivity contribution in [2.75, 3.05) is 6.54 Å². The number of Topliss-reactive ketones (excluding diaryl/α,β-unsaturated/α-hetero) is 1. The molecule has 4 heteroatoms. The van der Waals surface area contributed by atoms with Crippen molar-refractivity contribution in [3.05, 3.63) is 95.9 Å². The second-order valence-electron chi connectivity index (χ2n) is 7.21. The van der Waals surface area contributed by atoms with Gasteiger partial charge in [-0.3, -0.25) is 9.59 Å². The summed E-state index contributed by atoms with van der Waals surface area (Å²) in [5, 5.41) is 5.98. The molecule has 0 spiro atoms. The molecule has 1 aromatic carbocycles. The summed E-state index contributed by atoms with van der Waals surface area (Å²) in [5.41, 5.74) is 2.60. The van der Waals surface area contributed by atoms with Crippen molar-refractivity contribution in [2.45, 2.75) is 18.8 Å². The van der Waals surface area contributed by atoms with Crippen molar-refractivity contribution < 1.29 is 9.59 Å². The van der Waals surface area contributed by atoms with E-state index in [4.69, 9.17) is 0 Å². The Hall–Kier alpha value is -3.32. The number of ketones is 1. The third kappa shape index (κ3) is 3.70. The number of allylic oxidation sites excluding steroid dienone is 8. The second-order valence-corrected chi connectivity index (χ2v) is 7.21. The van der Waals surface area contributed by atoms with E-state index in [1.54, 1.807) is 6.20 Å². The minimum Gasteiger partial charge on any atom is -0.364 e. The zero-order valence-electron chi connectivity index (χ0n) is 15.5. The number of hydrogen-bond donors (Lipinski definition) is 2. The topological polar surface area (TPSA) is 58.2 Å². The molecule has 3 aliphatic rings. The summed E-state index contributed by atoms with van der Waals surface area (Å²) in [6.07, 6.45) is 17.6. The molecule has 140 valence electrons. The van der Waals surface area contributed by atoms with Gasteiger partial charge < -0.3 is 10.6 Å². The minimum absolute atomic E-state index is 0.0373. The van der Waals surface area contributed by atoms with Crippen molar-refractivity contribution >= 4 is 11.7 Å². The van der Waals surface area contributed by atoms with Crippen LogP contribution in [0.5, 0.6) is 0 Å². The normalized spacial score (nSPS) is 23.0. The smallest absolute Gasteiger partial charge is 0.292 e. The van der Waals surface area contributed by atoms with Gasteiger partial charge in [0.2, 0.25) is 5.78 Å². The lowest BCUT2D eigenvalue weighted by atomic mass is 9.82. The Morgan fingerprint density at radius 3 is 2.86 bits per heavy atom. The molecule has 4 nitrogen and oxygen atoms in total. The second kappa shape index (κ2) is 8.14. The van der Waals surface area contributed by atoms with Gasteiger partial charge in [-0.1, -0.05) is 48.6 Å². The van der Waals surface area contributed by atoms with Gasteiger partial charge in [0.25, 0.3) is 5.91 Å². The molecule has 0 aromatic heterocycles. The lowest BCUT2D eigenvalue weighted by Crippen LogP contribution is -2.37. The van der Waals surface area contributed by atoms with E-state index in [0.717, 1.165) is 24.1 Å². The Labute approximate surface area is 165 Å². The van der Waals surface area contributed by atoms with Crippen LogP contribution in [0.25, 0.3) is 0 Å². The van der Waals surface area contributed by atoms with Crippen LogP contribution < -0.4 is 10.6 Å². The number of rotatable bonds is 6. The van der Waals surface area contributed by atoms with Gasteiger partial charge in [0.15, 0.2) is 0 Å². The van der Waals surface area contributed by atoms with Gasteiger partial charge in [0.1, 0.15) is 0 Å². The summed E-state index contributed by atoms with van der Waals surface area (Å²) in [5.74, 6) is -0.698. The van der Waals surface area contributed by atoms with E-state index >= 15 is 0 Å². The Kier molecular flexibility index (Phi) is 5.25. The van der Waals surface area contributed by atoms with Crippen molar-refractivity contribution in [1.82, 2.24) is 10.6 Å². The molecule has 1 heterocycles. The van der Waals surface area contributed by atoms with Gasteiger partial charge in [0, 0.05) is 35.9 Å². The first-order chi connectivity index (χ1) is 13.7. The highest BCUT2D eigenvalue weighted by Crippen LogP contribution is 2.32. The van der Waals surface area contributed by atoms with Gasteiger partial charge in [-0.15, -0.1) is 0 Å². The lowest BCUT2D eigenvalue weighted by Gasteiger charge is -2.25. The molecule has 0 saturated carbocycles. The summed E-state index contributed by atoms with van der Waals surface area (Å²) in [6, 6.07) is 11.6. The SMILES string of the molecule is O=C(NCC(c1cc#ccc1)C1C=CC=CC1)C(=O)C1=CNC2=CC=CCC21. The van der Waals surface area contributed by atoms with E-state index < -0.39 is 11.7 Å². The van der Waals surface area contributed by atoms with Gasteiger partial charge in [0.05, 0.1) is 0 Å². The molecule has 1 amide bonds. The van der Waals surface area contributed by atoms with Gasteiger partial charge in [-0.25, -0.2) is 0 Å². The van der Waals surface area contributed by atoms with Crippen LogP contribution >= 0.6 is 0 Å². The van der Waals surface area contributed by atoms with Crippen LogP contribution in [-0.2, 0) is 9.59 Å². The van der Waals surface area contributed by atoms with Crippen LogP contribution in [0.1, 0.15) is 24.3 Å². The zero-order chi connectivity index (χ0) is 19.3. The molecular weight excluding hydrogens is 348 g/mol. The molecule has 1 aliphatic heterocycles. The molecular formula is C24H22N2O2. The highest BCUT2D eigenvalue weighted by atomic mass is 16.2. The molecule has 2 aliphatic carbocycles. The molecule has 1 aromatic rings. The van der Waals surface area contributed by atoms with E-state index in [-0.39, 0.29) is 17.8 Å². The molecule has 0 bridgehead atoms. The first-order valence-electron chi connectivity index (χ1n) is 9.61. The van der Waals surface area contributed by atoms with Crippen LogP contribution in [0.2, 0.25) is 0 Å². The molecule has 4 rings (SSSR count).